The summed E-state index contributed by atoms with van der Waals surface area (Å²) in [5.41, 5.74) is 4.50. The maximum atomic E-state index is 13.6. The van der Waals surface area contributed by atoms with Crippen LogP contribution in [-0.2, 0) is 4.79 Å². The lowest BCUT2D eigenvalue weighted by atomic mass is 10.1. The second-order valence-electron chi connectivity index (χ2n) is 7.22. The lowest BCUT2D eigenvalue weighted by Gasteiger charge is -2.36. The molecule has 0 bridgehead atoms. The number of hydrogen-bond acceptors (Lipinski definition) is 3. The normalized spacial score (nSPS) is 14.5. The summed E-state index contributed by atoms with van der Waals surface area (Å²) in [6.45, 7) is 6.49. The van der Waals surface area contributed by atoms with Gasteiger partial charge in [0.15, 0.2) is 0 Å². The number of aromatic amines is 1. The van der Waals surface area contributed by atoms with Crippen LogP contribution in [0.25, 0.3) is 10.9 Å². The van der Waals surface area contributed by atoms with Crippen molar-refractivity contribution in [1.82, 2.24) is 9.88 Å². The monoisotopic (exact) mass is 379 g/mol. The first-order valence-electron chi connectivity index (χ1n) is 9.37. The van der Waals surface area contributed by atoms with Gasteiger partial charge in [0.25, 0.3) is 11.7 Å². The van der Waals surface area contributed by atoms with E-state index in [1.165, 1.54) is 35.1 Å². The number of benzene rings is 2. The predicted octanol–water partition coefficient (Wildman–Crippen LogP) is 3.46. The average molecular weight is 379 g/mol. The van der Waals surface area contributed by atoms with Crippen LogP contribution in [-0.4, -0.2) is 47.8 Å². The molecule has 1 saturated heterocycles. The van der Waals surface area contributed by atoms with Crippen LogP contribution in [0.3, 0.4) is 0 Å². The summed E-state index contributed by atoms with van der Waals surface area (Å²) in [7, 11) is 0. The number of carbonyl (C=O) groups excluding carboxylic acids is 2. The SMILES string of the molecule is Cc1cccc(N2CCN(C(=O)C(=O)c3c[nH]c4ccc(F)cc34)CC2)c1C. The number of rotatable bonds is 3. The van der Waals surface area contributed by atoms with Crippen LogP contribution in [0, 0.1) is 19.7 Å². The van der Waals surface area contributed by atoms with Crippen molar-refractivity contribution in [2.24, 2.45) is 0 Å². The zero-order valence-corrected chi connectivity index (χ0v) is 16.0. The minimum atomic E-state index is -0.600. The molecule has 1 aromatic heterocycles. The first kappa shape index (κ1) is 18.2. The Balaban J connectivity index is 1.48. The highest BCUT2D eigenvalue weighted by atomic mass is 19.1. The van der Waals surface area contributed by atoms with Gasteiger partial charge in [0, 0.05) is 49.0 Å². The molecular formula is C22H22FN3O2. The molecule has 2 aromatic carbocycles. The first-order valence-corrected chi connectivity index (χ1v) is 9.37. The molecule has 4 rings (SSSR count). The van der Waals surface area contributed by atoms with Crippen molar-refractivity contribution in [3.63, 3.8) is 0 Å². The van der Waals surface area contributed by atoms with Gasteiger partial charge in [-0.15, -0.1) is 0 Å². The van der Waals surface area contributed by atoms with Gasteiger partial charge < -0.3 is 14.8 Å². The minimum Gasteiger partial charge on any atom is -0.368 e. The third kappa shape index (κ3) is 3.15. The molecule has 1 N–H and O–H groups in total. The van der Waals surface area contributed by atoms with E-state index in [0.717, 1.165) is 0 Å². The number of nitrogens with zero attached hydrogens (tertiary/aromatic N) is 2. The average Bonchev–Trinajstić information content (AvgIpc) is 3.12. The van der Waals surface area contributed by atoms with Gasteiger partial charge in [-0.3, -0.25) is 9.59 Å². The van der Waals surface area contributed by atoms with E-state index in [1.54, 1.807) is 11.0 Å². The second kappa shape index (κ2) is 7.11. The molecule has 0 radical (unpaired) electrons. The fraction of sp³-hybridized carbons (Fsp3) is 0.273. The van der Waals surface area contributed by atoms with Crippen LogP contribution < -0.4 is 4.90 Å². The highest BCUT2D eigenvalue weighted by molar-refractivity contribution is 6.44. The van der Waals surface area contributed by atoms with Gasteiger partial charge in [-0.2, -0.15) is 0 Å². The number of anilines is 1. The number of hydrogen-bond donors (Lipinski definition) is 1. The summed E-state index contributed by atoms with van der Waals surface area (Å²) >= 11 is 0. The Kier molecular flexibility index (Phi) is 4.63. The number of ketones is 1. The summed E-state index contributed by atoms with van der Waals surface area (Å²) in [6.07, 6.45) is 1.48. The molecule has 1 fully saturated rings. The van der Waals surface area contributed by atoms with E-state index in [4.69, 9.17) is 0 Å². The van der Waals surface area contributed by atoms with Crippen LogP contribution >= 0.6 is 0 Å². The van der Waals surface area contributed by atoms with Crippen molar-refractivity contribution in [1.29, 1.82) is 0 Å². The van der Waals surface area contributed by atoms with E-state index < -0.39 is 17.5 Å². The number of aromatic nitrogens is 1. The predicted molar refractivity (Wildman–Crippen MR) is 107 cm³/mol. The van der Waals surface area contributed by atoms with E-state index in [0.29, 0.717) is 37.1 Å². The van der Waals surface area contributed by atoms with E-state index >= 15 is 0 Å². The van der Waals surface area contributed by atoms with Gasteiger partial charge in [0.2, 0.25) is 0 Å². The topological polar surface area (TPSA) is 56.4 Å². The second-order valence-corrected chi connectivity index (χ2v) is 7.22. The lowest BCUT2D eigenvalue weighted by molar-refractivity contribution is -0.126. The number of piperazine rings is 1. The Hall–Kier alpha value is -3.15. The standard InChI is InChI=1S/C22H22FN3O2/c1-14-4-3-5-20(15(14)2)25-8-10-26(11-9-25)22(28)21(27)18-13-24-19-7-6-16(23)12-17(18)19/h3-7,12-13,24H,8-11H2,1-2H3. The van der Waals surface area contributed by atoms with Crippen LogP contribution in [0.4, 0.5) is 10.1 Å². The maximum Gasteiger partial charge on any atom is 0.295 e. The van der Waals surface area contributed by atoms with E-state index in [-0.39, 0.29) is 5.56 Å². The Bertz CT molecular complexity index is 1060. The molecule has 1 amide bonds. The van der Waals surface area contributed by atoms with Gasteiger partial charge >= 0.3 is 0 Å². The molecule has 2 heterocycles. The number of H-pyrrole nitrogens is 1. The van der Waals surface area contributed by atoms with Gasteiger partial charge in [0.1, 0.15) is 5.82 Å². The van der Waals surface area contributed by atoms with Crippen LogP contribution in [0.1, 0.15) is 21.5 Å². The summed E-state index contributed by atoms with van der Waals surface area (Å²) in [5.74, 6) is -1.57. The number of aryl methyl sites for hydroxylation is 1. The fourth-order valence-corrected chi connectivity index (χ4v) is 3.77. The highest BCUT2D eigenvalue weighted by Crippen LogP contribution is 2.25. The van der Waals surface area contributed by atoms with Crippen molar-refractivity contribution in [3.05, 3.63) is 65.1 Å². The molecule has 3 aromatic rings. The van der Waals surface area contributed by atoms with Crippen molar-refractivity contribution in [2.45, 2.75) is 13.8 Å². The van der Waals surface area contributed by atoms with Crippen LogP contribution in [0.2, 0.25) is 0 Å². The number of nitrogens with one attached hydrogen (secondary N) is 1. The van der Waals surface area contributed by atoms with Crippen molar-refractivity contribution in [3.8, 4) is 0 Å². The first-order chi connectivity index (χ1) is 13.5. The molecule has 1 aliphatic heterocycles. The summed E-state index contributed by atoms with van der Waals surface area (Å²) in [4.78, 5) is 32.2. The van der Waals surface area contributed by atoms with Gasteiger partial charge in [-0.25, -0.2) is 4.39 Å². The number of Topliss-reactive ketones (excluding diaryl/α,β-unsaturated/α-hetero) is 1. The fourth-order valence-electron chi connectivity index (χ4n) is 3.77. The van der Waals surface area contributed by atoms with Crippen molar-refractivity contribution < 1.29 is 14.0 Å². The maximum absolute atomic E-state index is 13.6. The molecule has 5 nitrogen and oxygen atoms in total. The largest absolute Gasteiger partial charge is 0.368 e. The van der Waals surface area contributed by atoms with Gasteiger partial charge in [-0.05, 0) is 49.2 Å². The third-order valence-corrected chi connectivity index (χ3v) is 5.57. The van der Waals surface area contributed by atoms with Crippen LogP contribution in [0.15, 0.2) is 42.6 Å². The minimum absolute atomic E-state index is 0.219. The number of fused-ring (bicyclic) bond motifs is 1. The molecule has 0 aliphatic carbocycles. The van der Waals surface area contributed by atoms with Gasteiger partial charge in [0.05, 0.1) is 5.56 Å². The zero-order chi connectivity index (χ0) is 19.8. The van der Waals surface area contributed by atoms with E-state index in [9.17, 15) is 14.0 Å². The molecule has 0 saturated carbocycles. The molecule has 0 atom stereocenters. The third-order valence-electron chi connectivity index (χ3n) is 5.57. The molecule has 6 heteroatoms. The smallest absolute Gasteiger partial charge is 0.295 e. The zero-order valence-electron chi connectivity index (χ0n) is 16.0. The van der Waals surface area contributed by atoms with Crippen molar-refractivity contribution >= 4 is 28.3 Å². The Morgan fingerprint density at radius 1 is 1.04 bits per heavy atom. The summed E-state index contributed by atoms with van der Waals surface area (Å²) in [6, 6.07) is 10.4. The van der Waals surface area contributed by atoms with E-state index in [2.05, 4.69) is 35.9 Å². The van der Waals surface area contributed by atoms with Crippen LogP contribution in [0.5, 0.6) is 0 Å². The molecule has 0 spiro atoms. The number of amides is 1. The Morgan fingerprint density at radius 2 is 1.79 bits per heavy atom. The lowest BCUT2D eigenvalue weighted by Crippen LogP contribution is -2.50. The summed E-state index contributed by atoms with van der Waals surface area (Å²) < 4.78 is 13.6. The molecule has 0 unspecified atom stereocenters. The molecule has 144 valence electrons. The molecule has 1 aliphatic rings. The molecule has 28 heavy (non-hydrogen) atoms. The quantitative estimate of drug-likeness (QED) is 0.560. The van der Waals surface area contributed by atoms with Gasteiger partial charge in [-0.1, -0.05) is 12.1 Å². The summed E-state index contributed by atoms with van der Waals surface area (Å²) in [5, 5.41) is 0.437. The Morgan fingerprint density at radius 3 is 2.54 bits per heavy atom. The Labute approximate surface area is 162 Å². The highest BCUT2D eigenvalue weighted by Gasteiger charge is 2.29. The molecular weight excluding hydrogens is 357 g/mol. The van der Waals surface area contributed by atoms with E-state index in [1.807, 2.05) is 6.07 Å². The number of carbonyl (C=O) groups is 2. The number of halogens is 1. The van der Waals surface area contributed by atoms with Crippen molar-refractivity contribution in [2.75, 3.05) is 31.1 Å².